The molecule has 0 aliphatic carbocycles. The van der Waals surface area contributed by atoms with Crippen molar-refractivity contribution in [2.75, 3.05) is 26.1 Å². The molecule has 2 aromatic carbocycles. The fourth-order valence-electron chi connectivity index (χ4n) is 3.76. The Labute approximate surface area is 189 Å². The third-order valence-corrected chi connectivity index (χ3v) is 5.66. The summed E-state index contributed by atoms with van der Waals surface area (Å²) in [6.45, 7) is 2.33. The number of fused-ring (bicyclic) bond motifs is 1. The third kappa shape index (κ3) is 4.20. The van der Waals surface area contributed by atoms with Crippen LogP contribution in [-0.2, 0) is 4.74 Å². The topological polar surface area (TPSA) is 85.8 Å². The molecule has 2 heterocycles. The highest BCUT2D eigenvalue weighted by molar-refractivity contribution is 6.31. The van der Waals surface area contributed by atoms with Crippen LogP contribution in [0.4, 0.5) is 20.7 Å². The summed E-state index contributed by atoms with van der Waals surface area (Å²) in [5, 5.41) is 3.59. The van der Waals surface area contributed by atoms with Crippen LogP contribution in [0.3, 0.4) is 0 Å². The number of carbonyl (C=O) groups is 1. The fraction of sp³-hybridized carbons (Fsp3) is 0.318. The summed E-state index contributed by atoms with van der Waals surface area (Å²) < 4.78 is 30.9. The Morgan fingerprint density at radius 2 is 2.06 bits per heavy atom. The van der Waals surface area contributed by atoms with Gasteiger partial charge < -0.3 is 24.4 Å². The highest BCUT2D eigenvalue weighted by atomic mass is 35.5. The van der Waals surface area contributed by atoms with Gasteiger partial charge in [-0.3, -0.25) is 0 Å². The van der Waals surface area contributed by atoms with Gasteiger partial charge in [0.15, 0.2) is 17.3 Å². The van der Waals surface area contributed by atoms with Crippen LogP contribution in [0.25, 0.3) is 10.9 Å². The number of nitrogens with zero attached hydrogens (tertiary/aromatic N) is 3. The lowest BCUT2D eigenvalue weighted by Crippen LogP contribution is -2.34. The Bertz CT molecular complexity index is 1160. The first-order chi connectivity index (χ1) is 15.4. The number of nitrogens with one attached hydrogen (secondary N) is 1. The van der Waals surface area contributed by atoms with E-state index in [1.54, 1.807) is 29.2 Å². The van der Waals surface area contributed by atoms with E-state index >= 15 is 0 Å². The Balaban J connectivity index is 1.67. The number of carbonyl (C=O) groups excluding carboxylic acids is 1. The minimum atomic E-state index is -0.575. The number of rotatable bonds is 5. The molecule has 1 fully saturated rings. The number of methoxy groups -OCH3 is 2. The summed E-state index contributed by atoms with van der Waals surface area (Å²) in [6, 6.07) is 8.12. The van der Waals surface area contributed by atoms with Gasteiger partial charge in [0.25, 0.3) is 0 Å². The Kier molecular flexibility index (Phi) is 6.18. The number of anilines is 2. The number of amides is 1. The van der Waals surface area contributed by atoms with Gasteiger partial charge in [-0.1, -0.05) is 17.7 Å². The molecular weight excluding hydrogens is 439 g/mol. The van der Waals surface area contributed by atoms with Crippen LogP contribution in [0, 0.1) is 5.82 Å². The van der Waals surface area contributed by atoms with Crippen LogP contribution >= 0.6 is 11.6 Å². The van der Waals surface area contributed by atoms with Gasteiger partial charge in [-0.05, 0) is 25.1 Å². The van der Waals surface area contributed by atoms with Crippen molar-refractivity contribution in [1.29, 1.82) is 0 Å². The molecule has 1 amide bonds. The zero-order chi connectivity index (χ0) is 22.8. The molecule has 10 heteroatoms. The normalized spacial score (nSPS) is 18.0. The second-order valence-corrected chi connectivity index (χ2v) is 7.82. The van der Waals surface area contributed by atoms with E-state index in [2.05, 4.69) is 15.3 Å². The Morgan fingerprint density at radius 1 is 1.25 bits per heavy atom. The lowest BCUT2D eigenvalue weighted by molar-refractivity contribution is 0.116. The molecule has 1 aliphatic rings. The molecule has 1 N–H and O–H groups in total. The van der Waals surface area contributed by atoms with E-state index < -0.39 is 11.9 Å². The summed E-state index contributed by atoms with van der Waals surface area (Å²) >= 11 is 5.89. The van der Waals surface area contributed by atoms with Crippen LogP contribution in [-0.4, -0.2) is 53.9 Å². The molecule has 0 bridgehead atoms. The Hall–Kier alpha value is -3.33. The van der Waals surface area contributed by atoms with Crippen molar-refractivity contribution >= 4 is 40.1 Å². The largest absolute Gasteiger partial charge is 0.493 e. The number of halogens is 2. The molecule has 0 radical (unpaired) electrons. The summed E-state index contributed by atoms with van der Waals surface area (Å²) in [5.41, 5.74) is 0.777. The zero-order valence-electron chi connectivity index (χ0n) is 17.8. The number of likely N-dealkylation sites (tertiary alicyclic amines) is 1. The van der Waals surface area contributed by atoms with Gasteiger partial charge in [0, 0.05) is 23.9 Å². The van der Waals surface area contributed by atoms with Crippen LogP contribution in [0.2, 0.25) is 5.02 Å². The van der Waals surface area contributed by atoms with Gasteiger partial charge >= 0.3 is 6.09 Å². The van der Waals surface area contributed by atoms with Gasteiger partial charge in [-0.2, -0.15) is 0 Å². The molecule has 1 unspecified atom stereocenters. The Morgan fingerprint density at radius 3 is 2.81 bits per heavy atom. The quantitative estimate of drug-likeness (QED) is 0.586. The number of hydrogen-bond donors (Lipinski definition) is 1. The van der Waals surface area contributed by atoms with Gasteiger partial charge in [0.2, 0.25) is 0 Å². The molecule has 0 saturated carbocycles. The zero-order valence-corrected chi connectivity index (χ0v) is 18.5. The van der Waals surface area contributed by atoms with Gasteiger partial charge in [0.1, 0.15) is 18.2 Å². The molecule has 1 saturated heterocycles. The van der Waals surface area contributed by atoms with Gasteiger partial charge in [0.05, 0.1) is 37.0 Å². The fourth-order valence-corrected chi connectivity index (χ4v) is 3.94. The second-order valence-electron chi connectivity index (χ2n) is 7.42. The van der Waals surface area contributed by atoms with Gasteiger partial charge in [-0.15, -0.1) is 0 Å². The van der Waals surface area contributed by atoms with Crippen molar-refractivity contribution in [2.45, 2.75) is 25.5 Å². The number of ether oxygens (including phenoxy) is 3. The first kappa shape index (κ1) is 21.9. The van der Waals surface area contributed by atoms with Crippen molar-refractivity contribution in [1.82, 2.24) is 14.9 Å². The van der Waals surface area contributed by atoms with Crippen molar-refractivity contribution in [3.63, 3.8) is 0 Å². The van der Waals surface area contributed by atoms with E-state index in [9.17, 15) is 9.18 Å². The number of aromatic nitrogens is 2. The van der Waals surface area contributed by atoms with Crippen molar-refractivity contribution in [3.8, 4) is 11.5 Å². The van der Waals surface area contributed by atoms with Crippen molar-refractivity contribution in [2.24, 2.45) is 0 Å². The minimum Gasteiger partial charge on any atom is -0.493 e. The van der Waals surface area contributed by atoms with Crippen LogP contribution < -0.4 is 14.8 Å². The average molecular weight is 461 g/mol. The van der Waals surface area contributed by atoms with E-state index in [-0.39, 0.29) is 22.9 Å². The first-order valence-electron chi connectivity index (χ1n) is 9.96. The summed E-state index contributed by atoms with van der Waals surface area (Å²) in [5.74, 6) is 0.766. The predicted octanol–water partition coefficient (Wildman–Crippen LogP) is 4.78. The van der Waals surface area contributed by atoms with E-state index in [4.69, 9.17) is 25.8 Å². The molecule has 2 atom stereocenters. The van der Waals surface area contributed by atoms with E-state index in [0.717, 1.165) is 0 Å². The smallest absolute Gasteiger partial charge is 0.409 e. The van der Waals surface area contributed by atoms with Crippen LogP contribution in [0.15, 0.2) is 36.7 Å². The summed E-state index contributed by atoms with van der Waals surface area (Å²) in [7, 11) is 2.89. The average Bonchev–Trinajstić information content (AvgIpc) is 3.16. The molecule has 0 spiro atoms. The maximum absolute atomic E-state index is 14.4. The molecule has 1 aliphatic heterocycles. The SMILES string of the molecule is COC(=O)N1C[C@@H](Oc2cc3c(Nc4cccc(Cl)c4F)ncnc3cc2OC)CC1C. The number of hydrogen-bond acceptors (Lipinski definition) is 7. The molecule has 1 aromatic heterocycles. The lowest BCUT2D eigenvalue weighted by Gasteiger charge is -2.19. The highest BCUT2D eigenvalue weighted by Gasteiger charge is 2.35. The monoisotopic (exact) mass is 460 g/mol. The van der Waals surface area contributed by atoms with Gasteiger partial charge in [-0.25, -0.2) is 19.2 Å². The molecule has 3 aromatic rings. The summed E-state index contributed by atoms with van der Waals surface area (Å²) in [4.78, 5) is 22.1. The van der Waals surface area contributed by atoms with Crippen molar-refractivity contribution in [3.05, 3.63) is 47.5 Å². The molecule has 168 valence electrons. The second kappa shape index (κ2) is 9.04. The summed E-state index contributed by atoms with van der Waals surface area (Å²) in [6.07, 6.45) is 1.37. The maximum Gasteiger partial charge on any atom is 0.409 e. The standard InChI is InChI=1S/C22H22ClFN4O4/c1-12-7-13(10-28(12)22(29)31-3)32-19-8-14-17(9-18(19)30-2)25-11-26-21(14)27-16-6-4-5-15(23)20(16)24/h4-6,8-9,11-13H,7,10H2,1-3H3,(H,25,26,27)/t12?,13-/m0/s1. The lowest BCUT2D eigenvalue weighted by atomic mass is 10.2. The number of benzene rings is 2. The highest BCUT2D eigenvalue weighted by Crippen LogP contribution is 2.37. The first-order valence-corrected chi connectivity index (χ1v) is 10.3. The molecular formula is C22H22ClFN4O4. The van der Waals surface area contributed by atoms with Crippen LogP contribution in [0.5, 0.6) is 11.5 Å². The maximum atomic E-state index is 14.4. The molecule has 8 nitrogen and oxygen atoms in total. The van der Waals surface area contributed by atoms with Crippen LogP contribution in [0.1, 0.15) is 13.3 Å². The third-order valence-electron chi connectivity index (χ3n) is 5.36. The van der Waals surface area contributed by atoms with E-state index in [1.807, 2.05) is 6.92 Å². The predicted molar refractivity (Wildman–Crippen MR) is 118 cm³/mol. The van der Waals surface area contributed by atoms with Crippen molar-refractivity contribution < 1.29 is 23.4 Å². The van der Waals surface area contributed by atoms with E-state index in [0.29, 0.717) is 41.2 Å². The molecule has 4 rings (SSSR count). The van der Waals surface area contributed by atoms with E-state index in [1.165, 1.54) is 26.6 Å². The molecule has 32 heavy (non-hydrogen) atoms. The minimum absolute atomic E-state index is 0.00423.